The minimum atomic E-state index is -0.486. The Morgan fingerprint density at radius 2 is 2.04 bits per heavy atom. The van der Waals surface area contributed by atoms with Crippen molar-refractivity contribution in [1.29, 1.82) is 0 Å². The van der Waals surface area contributed by atoms with Gasteiger partial charge >= 0.3 is 0 Å². The van der Waals surface area contributed by atoms with Gasteiger partial charge in [-0.2, -0.15) is 0 Å². The van der Waals surface area contributed by atoms with Crippen LogP contribution in [0.15, 0.2) is 48.2 Å². The van der Waals surface area contributed by atoms with E-state index >= 15 is 0 Å². The first-order valence-electron chi connectivity index (χ1n) is 7.95. The fourth-order valence-corrected chi connectivity index (χ4v) is 3.37. The topological polar surface area (TPSA) is 41.6 Å². The number of halogens is 1. The third-order valence-electron chi connectivity index (χ3n) is 4.47. The highest BCUT2D eigenvalue weighted by Gasteiger charge is 2.36. The Balaban J connectivity index is 1.87. The van der Waals surface area contributed by atoms with Crippen LogP contribution in [0.5, 0.6) is 5.75 Å². The Bertz CT molecular complexity index is 852. The number of hydrogen-bond acceptors (Lipinski definition) is 3. The molecule has 1 saturated heterocycles. The molecule has 0 atom stereocenters. The molecule has 2 heterocycles. The number of nitrogens with zero attached hydrogens (tertiary/aromatic N) is 1. The van der Waals surface area contributed by atoms with E-state index < -0.39 is 5.82 Å². The third kappa shape index (κ3) is 2.16. The Kier molecular flexibility index (Phi) is 3.49. The van der Waals surface area contributed by atoms with Gasteiger partial charge in [0.05, 0.1) is 24.1 Å². The number of para-hydroxylation sites is 1. The van der Waals surface area contributed by atoms with E-state index in [2.05, 4.69) is 5.32 Å². The van der Waals surface area contributed by atoms with Gasteiger partial charge in [0.25, 0.3) is 5.91 Å². The van der Waals surface area contributed by atoms with Gasteiger partial charge in [0.2, 0.25) is 0 Å². The molecule has 0 aromatic heterocycles. The lowest BCUT2D eigenvalue weighted by Gasteiger charge is -2.18. The average molecular weight is 324 g/mol. The summed E-state index contributed by atoms with van der Waals surface area (Å²) in [4.78, 5) is 14.7. The molecule has 4 nitrogen and oxygen atoms in total. The van der Waals surface area contributed by atoms with Crippen LogP contribution >= 0.6 is 0 Å². The van der Waals surface area contributed by atoms with E-state index in [4.69, 9.17) is 4.74 Å². The molecular formula is C19H17FN2O2. The molecule has 1 amide bonds. The summed E-state index contributed by atoms with van der Waals surface area (Å²) in [7, 11) is 1.42. The van der Waals surface area contributed by atoms with Crippen LogP contribution in [-0.4, -0.2) is 19.6 Å². The van der Waals surface area contributed by atoms with Gasteiger partial charge < -0.3 is 10.1 Å². The lowest BCUT2D eigenvalue weighted by atomic mass is 10.0. The SMILES string of the molecule is COc1ccc(N2C(=O)C(=C3CCCN3)c3ccccc32)cc1F. The summed E-state index contributed by atoms with van der Waals surface area (Å²) < 4.78 is 19.1. The van der Waals surface area contributed by atoms with E-state index in [1.54, 1.807) is 17.0 Å². The van der Waals surface area contributed by atoms with Crippen molar-refractivity contribution in [1.82, 2.24) is 5.32 Å². The lowest BCUT2D eigenvalue weighted by molar-refractivity contribution is -0.112. The molecule has 0 aliphatic carbocycles. The van der Waals surface area contributed by atoms with Gasteiger partial charge in [-0.1, -0.05) is 18.2 Å². The number of anilines is 2. The maximum Gasteiger partial charge on any atom is 0.265 e. The van der Waals surface area contributed by atoms with Crippen LogP contribution in [-0.2, 0) is 4.79 Å². The van der Waals surface area contributed by atoms with Crippen LogP contribution in [0.2, 0.25) is 0 Å². The number of methoxy groups -OCH3 is 1. The molecule has 0 unspecified atom stereocenters. The van der Waals surface area contributed by atoms with Gasteiger partial charge in [0.15, 0.2) is 11.6 Å². The van der Waals surface area contributed by atoms with E-state index in [1.165, 1.54) is 13.2 Å². The van der Waals surface area contributed by atoms with Crippen LogP contribution in [0, 0.1) is 5.82 Å². The maximum atomic E-state index is 14.1. The molecule has 4 rings (SSSR count). The number of carbonyl (C=O) groups is 1. The highest BCUT2D eigenvalue weighted by atomic mass is 19.1. The fraction of sp³-hybridized carbons (Fsp3) is 0.211. The Labute approximate surface area is 139 Å². The maximum absolute atomic E-state index is 14.1. The third-order valence-corrected chi connectivity index (χ3v) is 4.47. The molecule has 0 radical (unpaired) electrons. The summed E-state index contributed by atoms with van der Waals surface area (Å²) in [5, 5.41) is 3.31. The van der Waals surface area contributed by atoms with E-state index in [1.807, 2.05) is 24.3 Å². The number of allylic oxidation sites excluding steroid dienone is 1. The van der Waals surface area contributed by atoms with Crippen molar-refractivity contribution >= 4 is 22.9 Å². The minimum Gasteiger partial charge on any atom is -0.494 e. The highest BCUT2D eigenvalue weighted by Crippen LogP contribution is 2.43. The van der Waals surface area contributed by atoms with E-state index in [-0.39, 0.29) is 11.7 Å². The number of ether oxygens (including phenoxy) is 1. The first-order valence-corrected chi connectivity index (χ1v) is 7.95. The van der Waals surface area contributed by atoms with Gasteiger partial charge in [-0.25, -0.2) is 4.39 Å². The molecule has 2 aromatic rings. The summed E-state index contributed by atoms with van der Waals surface area (Å²) in [6, 6.07) is 12.2. The predicted molar refractivity (Wildman–Crippen MR) is 90.7 cm³/mol. The van der Waals surface area contributed by atoms with Gasteiger partial charge in [-0.3, -0.25) is 9.69 Å². The number of fused-ring (bicyclic) bond motifs is 1. The van der Waals surface area contributed by atoms with Gasteiger partial charge in [-0.05, 0) is 31.0 Å². The van der Waals surface area contributed by atoms with E-state index in [0.29, 0.717) is 11.3 Å². The van der Waals surface area contributed by atoms with Gasteiger partial charge in [0.1, 0.15) is 0 Å². The van der Waals surface area contributed by atoms with Crippen molar-refractivity contribution in [3.8, 4) is 5.75 Å². The first-order chi connectivity index (χ1) is 11.7. The van der Waals surface area contributed by atoms with E-state index in [9.17, 15) is 9.18 Å². The zero-order valence-corrected chi connectivity index (χ0v) is 13.3. The van der Waals surface area contributed by atoms with Crippen molar-refractivity contribution in [2.75, 3.05) is 18.6 Å². The summed E-state index contributed by atoms with van der Waals surface area (Å²) in [6.45, 7) is 0.880. The molecule has 2 aliphatic rings. The molecular weight excluding hydrogens is 307 g/mol. The normalized spacial score (nSPS) is 19.4. The second-order valence-corrected chi connectivity index (χ2v) is 5.86. The molecule has 5 heteroatoms. The highest BCUT2D eigenvalue weighted by molar-refractivity contribution is 6.35. The van der Waals surface area contributed by atoms with Crippen molar-refractivity contribution in [3.63, 3.8) is 0 Å². The number of amides is 1. The second kappa shape index (κ2) is 5.67. The zero-order valence-electron chi connectivity index (χ0n) is 13.3. The zero-order chi connectivity index (χ0) is 16.7. The Morgan fingerprint density at radius 1 is 1.21 bits per heavy atom. The number of nitrogens with one attached hydrogen (secondary N) is 1. The molecule has 2 aromatic carbocycles. The van der Waals surface area contributed by atoms with Crippen molar-refractivity contribution in [2.24, 2.45) is 0 Å². The molecule has 2 aliphatic heterocycles. The number of rotatable bonds is 2. The van der Waals surface area contributed by atoms with Crippen molar-refractivity contribution in [3.05, 3.63) is 59.5 Å². The minimum absolute atomic E-state index is 0.120. The number of hydrogen-bond donors (Lipinski definition) is 1. The fourth-order valence-electron chi connectivity index (χ4n) is 3.37. The summed E-state index contributed by atoms with van der Waals surface area (Å²) in [6.07, 6.45) is 1.88. The molecule has 1 fully saturated rings. The standard InChI is InChI=1S/C19H17FN2O2/c1-24-17-9-8-12(11-14(17)20)22-16-7-3-2-5-13(16)18(19(22)23)15-6-4-10-21-15/h2-3,5,7-9,11,21H,4,6,10H2,1H3. The Morgan fingerprint density at radius 3 is 2.75 bits per heavy atom. The molecule has 0 bridgehead atoms. The molecule has 1 N–H and O–H groups in total. The molecule has 0 spiro atoms. The first kappa shape index (κ1) is 14.8. The quantitative estimate of drug-likeness (QED) is 0.858. The number of benzene rings is 2. The largest absolute Gasteiger partial charge is 0.494 e. The predicted octanol–water partition coefficient (Wildman–Crippen LogP) is 3.61. The monoisotopic (exact) mass is 324 g/mol. The lowest BCUT2D eigenvalue weighted by Crippen LogP contribution is -2.22. The van der Waals surface area contributed by atoms with Crippen LogP contribution in [0.4, 0.5) is 15.8 Å². The van der Waals surface area contributed by atoms with Gasteiger partial charge in [-0.15, -0.1) is 0 Å². The van der Waals surface area contributed by atoms with Crippen LogP contribution in [0.1, 0.15) is 18.4 Å². The smallest absolute Gasteiger partial charge is 0.265 e. The molecule has 122 valence electrons. The van der Waals surface area contributed by atoms with Crippen LogP contribution in [0.25, 0.3) is 5.57 Å². The van der Waals surface area contributed by atoms with Crippen molar-refractivity contribution in [2.45, 2.75) is 12.8 Å². The summed E-state index contributed by atoms with van der Waals surface area (Å²) in [5.74, 6) is -0.444. The van der Waals surface area contributed by atoms with E-state index in [0.717, 1.165) is 36.3 Å². The second-order valence-electron chi connectivity index (χ2n) is 5.86. The van der Waals surface area contributed by atoms with Crippen LogP contribution < -0.4 is 15.0 Å². The molecule has 0 saturated carbocycles. The van der Waals surface area contributed by atoms with Crippen molar-refractivity contribution < 1.29 is 13.9 Å². The summed E-state index contributed by atoms with van der Waals surface area (Å²) in [5.41, 5.74) is 3.84. The average Bonchev–Trinajstić information content (AvgIpc) is 3.20. The Hall–Kier alpha value is -2.82. The van der Waals surface area contributed by atoms with Gasteiger partial charge in [0, 0.05) is 23.9 Å². The van der Waals surface area contributed by atoms with Crippen LogP contribution in [0.3, 0.4) is 0 Å². The number of carbonyl (C=O) groups excluding carboxylic acids is 1. The molecule has 24 heavy (non-hydrogen) atoms. The summed E-state index contributed by atoms with van der Waals surface area (Å²) >= 11 is 0.